The third-order valence-corrected chi connectivity index (χ3v) is 3.00. The van der Waals surface area contributed by atoms with Crippen molar-refractivity contribution >= 4 is 11.6 Å². The molecule has 0 bridgehead atoms. The van der Waals surface area contributed by atoms with E-state index in [0.717, 1.165) is 29.7 Å². The Morgan fingerprint density at radius 3 is 2.82 bits per heavy atom. The minimum Gasteiger partial charge on any atom is -0.496 e. The molecule has 1 unspecified atom stereocenters. The maximum absolute atomic E-state index is 6.00. The van der Waals surface area contributed by atoms with Gasteiger partial charge in [0.25, 0.3) is 0 Å². The van der Waals surface area contributed by atoms with Gasteiger partial charge in [0, 0.05) is 10.6 Å². The standard InChI is InChI=1S/C13H19ClN2O/c1-4-9(2)7-12(16-15)11-8-10(14)5-6-13(11)17-3/h5-6,8,12,16H,2,4,7,15H2,1,3H3. The van der Waals surface area contributed by atoms with Crippen molar-refractivity contribution in [3.8, 4) is 5.75 Å². The van der Waals surface area contributed by atoms with E-state index < -0.39 is 0 Å². The van der Waals surface area contributed by atoms with E-state index in [1.807, 2.05) is 12.1 Å². The second-order valence-electron chi connectivity index (χ2n) is 3.91. The lowest BCUT2D eigenvalue weighted by atomic mass is 9.98. The fourth-order valence-corrected chi connectivity index (χ4v) is 1.85. The van der Waals surface area contributed by atoms with Crippen molar-refractivity contribution < 1.29 is 4.74 Å². The lowest BCUT2D eigenvalue weighted by Gasteiger charge is -2.20. The number of hydrogen-bond donors (Lipinski definition) is 2. The summed E-state index contributed by atoms with van der Waals surface area (Å²) in [6.07, 6.45) is 1.70. The zero-order valence-corrected chi connectivity index (χ0v) is 11.1. The summed E-state index contributed by atoms with van der Waals surface area (Å²) in [6, 6.07) is 5.48. The van der Waals surface area contributed by atoms with Crippen molar-refractivity contribution in [2.75, 3.05) is 7.11 Å². The number of rotatable bonds is 6. The highest BCUT2D eigenvalue weighted by Gasteiger charge is 2.16. The van der Waals surface area contributed by atoms with E-state index in [1.165, 1.54) is 0 Å². The van der Waals surface area contributed by atoms with Crippen LogP contribution in [0.3, 0.4) is 0 Å². The maximum Gasteiger partial charge on any atom is 0.123 e. The summed E-state index contributed by atoms with van der Waals surface area (Å²) < 4.78 is 5.31. The van der Waals surface area contributed by atoms with Crippen LogP contribution >= 0.6 is 11.6 Å². The van der Waals surface area contributed by atoms with E-state index in [1.54, 1.807) is 13.2 Å². The van der Waals surface area contributed by atoms with Crippen LogP contribution in [0.15, 0.2) is 30.4 Å². The van der Waals surface area contributed by atoms with E-state index in [0.29, 0.717) is 5.02 Å². The zero-order chi connectivity index (χ0) is 12.8. The summed E-state index contributed by atoms with van der Waals surface area (Å²) in [7, 11) is 1.63. The van der Waals surface area contributed by atoms with Crippen LogP contribution in [0.25, 0.3) is 0 Å². The molecule has 3 N–H and O–H groups in total. The molecule has 0 fully saturated rings. The van der Waals surface area contributed by atoms with Gasteiger partial charge in [-0.1, -0.05) is 30.7 Å². The molecule has 0 saturated heterocycles. The molecule has 0 saturated carbocycles. The van der Waals surface area contributed by atoms with Crippen LogP contribution in [0.1, 0.15) is 31.4 Å². The van der Waals surface area contributed by atoms with Crippen molar-refractivity contribution in [2.45, 2.75) is 25.8 Å². The molecule has 1 rings (SSSR count). The summed E-state index contributed by atoms with van der Waals surface area (Å²) in [6.45, 7) is 6.07. The molecule has 3 nitrogen and oxygen atoms in total. The zero-order valence-electron chi connectivity index (χ0n) is 10.3. The van der Waals surface area contributed by atoms with Gasteiger partial charge in [-0.05, 0) is 31.0 Å². The van der Waals surface area contributed by atoms with Crippen molar-refractivity contribution in [3.05, 3.63) is 40.9 Å². The quantitative estimate of drug-likeness (QED) is 0.466. The lowest BCUT2D eigenvalue weighted by Crippen LogP contribution is -2.28. The van der Waals surface area contributed by atoms with E-state index in [9.17, 15) is 0 Å². The van der Waals surface area contributed by atoms with E-state index in [-0.39, 0.29) is 6.04 Å². The summed E-state index contributed by atoms with van der Waals surface area (Å²) in [5.41, 5.74) is 4.88. The highest BCUT2D eigenvalue weighted by molar-refractivity contribution is 6.30. The van der Waals surface area contributed by atoms with Crippen LogP contribution in [0, 0.1) is 0 Å². The van der Waals surface area contributed by atoms with Gasteiger partial charge in [0.1, 0.15) is 5.75 Å². The second-order valence-corrected chi connectivity index (χ2v) is 4.35. The number of hydrogen-bond acceptors (Lipinski definition) is 3. The van der Waals surface area contributed by atoms with Crippen LogP contribution in [0.5, 0.6) is 5.75 Å². The van der Waals surface area contributed by atoms with Gasteiger partial charge < -0.3 is 4.74 Å². The lowest BCUT2D eigenvalue weighted by molar-refractivity contribution is 0.398. The molecule has 0 aliphatic carbocycles. The number of ether oxygens (including phenoxy) is 1. The van der Waals surface area contributed by atoms with Crippen LogP contribution in [-0.4, -0.2) is 7.11 Å². The molecule has 0 spiro atoms. The largest absolute Gasteiger partial charge is 0.496 e. The van der Waals surface area contributed by atoms with Gasteiger partial charge in [-0.2, -0.15) is 0 Å². The van der Waals surface area contributed by atoms with Crippen LogP contribution in [0.2, 0.25) is 5.02 Å². The molecule has 17 heavy (non-hydrogen) atoms. The number of nitrogens with two attached hydrogens (primary N) is 1. The number of halogens is 1. The Bertz CT molecular complexity index is 393. The van der Waals surface area contributed by atoms with Crippen molar-refractivity contribution in [2.24, 2.45) is 5.84 Å². The molecular weight excluding hydrogens is 236 g/mol. The fourth-order valence-electron chi connectivity index (χ4n) is 1.67. The Kier molecular flexibility index (Phi) is 5.48. The van der Waals surface area contributed by atoms with Crippen LogP contribution in [-0.2, 0) is 0 Å². The molecule has 0 radical (unpaired) electrons. The molecule has 0 heterocycles. The summed E-state index contributed by atoms with van der Waals surface area (Å²) >= 11 is 6.00. The maximum atomic E-state index is 6.00. The topological polar surface area (TPSA) is 47.3 Å². The van der Waals surface area contributed by atoms with E-state index in [4.69, 9.17) is 22.2 Å². The van der Waals surface area contributed by atoms with Gasteiger partial charge in [-0.15, -0.1) is 0 Å². The van der Waals surface area contributed by atoms with Crippen LogP contribution < -0.4 is 16.0 Å². The Morgan fingerprint density at radius 1 is 1.59 bits per heavy atom. The van der Waals surface area contributed by atoms with Crippen molar-refractivity contribution in [3.63, 3.8) is 0 Å². The molecule has 94 valence electrons. The molecule has 4 heteroatoms. The third-order valence-electron chi connectivity index (χ3n) is 2.76. The predicted octanol–water partition coefficient (Wildman–Crippen LogP) is 3.21. The van der Waals surface area contributed by atoms with E-state index >= 15 is 0 Å². The van der Waals surface area contributed by atoms with Gasteiger partial charge in [0.2, 0.25) is 0 Å². The highest BCUT2D eigenvalue weighted by Crippen LogP contribution is 2.31. The first-order chi connectivity index (χ1) is 8.12. The first kappa shape index (κ1) is 14.0. The molecule has 1 atom stereocenters. The van der Waals surface area contributed by atoms with Crippen LogP contribution in [0.4, 0.5) is 0 Å². The SMILES string of the molecule is C=C(CC)CC(NN)c1cc(Cl)ccc1OC. The summed E-state index contributed by atoms with van der Waals surface area (Å²) in [4.78, 5) is 0. The van der Waals surface area contributed by atoms with Gasteiger partial charge in [-0.3, -0.25) is 11.3 Å². The summed E-state index contributed by atoms with van der Waals surface area (Å²) in [5, 5.41) is 0.670. The number of nitrogens with one attached hydrogen (secondary N) is 1. The molecule has 0 aliphatic heterocycles. The Morgan fingerprint density at radius 2 is 2.29 bits per heavy atom. The fraction of sp³-hybridized carbons (Fsp3) is 0.385. The minimum atomic E-state index is -0.0314. The van der Waals surface area contributed by atoms with Gasteiger partial charge >= 0.3 is 0 Å². The Hall–Kier alpha value is -1.03. The Balaban J connectivity index is 3.01. The number of hydrazine groups is 1. The molecule has 0 aliphatic rings. The summed E-state index contributed by atoms with van der Waals surface area (Å²) in [5.74, 6) is 6.37. The molecule has 0 aromatic heterocycles. The normalized spacial score (nSPS) is 12.2. The third kappa shape index (κ3) is 3.73. The number of benzene rings is 1. The smallest absolute Gasteiger partial charge is 0.123 e. The van der Waals surface area contributed by atoms with Gasteiger partial charge in [0.15, 0.2) is 0 Å². The van der Waals surface area contributed by atoms with Crippen molar-refractivity contribution in [1.29, 1.82) is 0 Å². The monoisotopic (exact) mass is 254 g/mol. The Labute approximate surface area is 108 Å². The minimum absolute atomic E-state index is 0.0314. The van der Waals surface area contributed by atoms with Gasteiger partial charge in [-0.25, -0.2) is 0 Å². The number of methoxy groups -OCH3 is 1. The van der Waals surface area contributed by atoms with E-state index in [2.05, 4.69) is 18.9 Å². The second kappa shape index (κ2) is 6.64. The molecule has 0 amide bonds. The molecule has 1 aromatic carbocycles. The highest BCUT2D eigenvalue weighted by atomic mass is 35.5. The average Bonchev–Trinajstić information content (AvgIpc) is 2.35. The van der Waals surface area contributed by atoms with Gasteiger partial charge in [0.05, 0.1) is 13.2 Å². The average molecular weight is 255 g/mol. The first-order valence-corrected chi connectivity index (χ1v) is 5.96. The predicted molar refractivity (Wildman–Crippen MR) is 72.1 cm³/mol. The molecular formula is C13H19ClN2O. The first-order valence-electron chi connectivity index (χ1n) is 5.58. The van der Waals surface area contributed by atoms with Crippen molar-refractivity contribution in [1.82, 2.24) is 5.43 Å². The molecule has 1 aromatic rings.